The largest absolute Gasteiger partial charge is 0.327 e. The molecule has 86 valence electrons. The summed E-state index contributed by atoms with van der Waals surface area (Å²) in [7, 11) is 0. The molecule has 0 unspecified atom stereocenters. The van der Waals surface area contributed by atoms with E-state index in [2.05, 4.69) is 20.8 Å². The molecule has 1 fully saturated rings. The molecule has 0 bridgehead atoms. The molecular weight excluding hydrogens is 192 g/mol. The van der Waals surface area contributed by atoms with Gasteiger partial charge in [0.1, 0.15) is 6.54 Å². The van der Waals surface area contributed by atoms with E-state index in [0.29, 0.717) is 13.1 Å². The van der Waals surface area contributed by atoms with Crippen LogP contribution in [0.15, 0.2) is 0 Å². The van der Waals surface area contributed by atoms with E-state index >= 15 is 0 Å². The molecule has 1 rings (SSSR count). The Kier molecular flexibility index (Phi) is 3.37. The van der Waals surface area contributed by atoms with E-state index in [9.17, 15) is 9.59 Å². The van der Waals surface area contributed by atoms with Crippen LogP contribution in [0, 0.1) is 5.41 Å². The van der Waals surface area contributed by atoms with Crippen LogP contribution in [0.25, 0.3) is 0 Å². The van der Waals surface area contributed by atoms with Crippen molar-refractivity contribution in [2.45, 2.75) is 34.1 Å². The smallest absolute Gasteiger partial charge is 0.315 e. The van der Waals surface area contributed by atoms with Crippen molar-refractivity contribution in [3.8, 4) is 0 Å². The van der Waals surface area contributed by atoms with E-state index in [1.165, 1.54) is 4.90 Å². The number of hydrogen-bond donors (Lipinski definition) is 0. The van der Waals surface area contributed by atoms with Gasteiger partial charge in [-0.2, -0.15) is 0 Å². The van der Waals surface area contributed by atoms with Crippen LogP contribution in [0.3, 0.4) is 0 Å². The SMILES string of the molecule is CCN1CC(=O)N(CC(C)(C)CC)C1=O. The standard InChI is InChI=1S/C11H20N2O2/c1-5-11(3,4)8-13-9(14)7-12(6-2)10(13)15/h5-8H2,1-4H3. The van der Waals surface area contributed by atoms with E-state index in [1.54, 1.807) is 4.90 Å². The molecule has 3 amide bonds. The highest BCUT2D eigenvalue weighted by atomic mass is 16.2. The third-order valence-electron chi connectivity index (χ3n) is 3.05. The van der Waals surface area contributed by atoms with Gasteiger partial charge in [0, 0.05) is 13.1 Å². The Morgan fingerprint density at radius 2 is 1.87 bits per heavy atom. The van der Waals surface area contributed by atoms with Gasteiger partial charge >= 0.3 is 6.03 Å². The third-order valence-corrected chi connectivity index (χ3v) is 3.05. The lowest BCUT2D eigenvalue weighted by molar-refractivity contribution is -0.126. The number of carbonyl (C=O) groups excluding carboxylic acids is 2. The summed E-state index contributed by atoms with van der Waals surface area (Å²) >= 11 is 0. The number of urea groups is 1. The molecule has 1 heterocycles. The summed E-state index contributed by atoms with van der Waals surface area (Å²) in [5, 5.41) is 0. The molecule has 0 N–H and O–H groups in total. The zero-order valence-electron chi connectivity index (χ0n) is 10.0. The lowest BCUT2D eigenvalue weighted by Crippen LogP contribution is -2.39. The Hall–Kier alpha value is -1.06. The molecule has 1 saturated heterocycles. The Morgan fingerprint density at radius 1 is 1.27 bits per heavy atom. The Morgan fingerprint density at radius 3 is 2.27 bits per heavy atom. The van der Waals surface area contributed by atoms with Crippen molar-refractivity contribution in [3.05, 3.63) is 0 Å². The van der Waals surface area contributed by atoms with Gasteiger partial charge in [-0.25, -0.2) is 4.79 Å². The molecule has 4 heteroatoms. The zero-order chi connectivity index (χ0) is 11.6. The van der Waals surface area contributed by atoms with Gasteiger partial charge in [0.05, 0.1) is 0 Å². The second kappa shape index (κ2) is 4.21. The monoisotopic (exact) mass is 212 g/mol. The number of nitrogens with zero attached hydrogens (tertiary/aromatic N) is 2. The summed E-state index contributed by atoms with van der Waals surface area (Å²) in [5.74, 6) is -0.0663. The van der Waals surface area contributed by atoms with Gasteiger partial charge in [-0.1, -0.05) is 20.8 Å². The Labute approximate surface area is 91.2 Å². The number of likely N-dealkylation sites (N-methyl/N-ethyl adjacent to an activating group) is 1. The third kappa shape index (κ3) is 2.49. The molecule has 0 radical (unpaired) electrons. The van der Waals surface area contributed by atoms with Crippen LogP contribution in [-0.4, -0.2) is 41.4 Å². The van der Waals surface area contributed by atoms with E-state index < -0.39 is 0 Å². The lowest BCUT2D eigenvalue weighted by Gasteiger charge is -2.27. The first-order chi connectivity index (χ1) is 6.91. The highest BCUT2D eigenvalue weighted by molar-refractivity contribution is 6.02. The number of amides is 3. The molecule has 15 heavy (non-hydrogen) atoms. The van der Waals surface area contributed by atoms with Crippen LogP contribution in [0.5, 0.6) is 0 Å². The minimum atomic E-state index is -0.135. The zero-order valence-corrected chi connectivity index (χ0v) is 10.0. The summed E-state index contributed by atoms with van der Waals surface area (Å²) < 4.78 is 0. The topological polar surface area (TPSA) is 40.6 Å². The molecule has 0 saturated carbocycles. The first-order valence-electron chi connectivity index (χ1n) is 5.50. The van der Waals surface area contributed by atoms with Crippen LogP contribution >= 0.6 is 0 Å². The highest BCUT2D eigenvalue weighted by Gasteiger charge is 2.37. The lowest BCUT2D eigenvalue weighted by atomic mass is 9.90. The average Bonchev–Trinajstić information content (AvgIpc) is 2.45. The van der Waals surface area contributed by atoms with E-state index in [0.717, 1.165) is 6.42 Å². The van der Waals surface area contributed by atoms with Crippen molar-refractivity contribution < 1.29 is 9.59 Å². The molecule has 0 aromatic rings. The summed E-state index contributed by atoms with van der Waals surface area (Å²) in [4.78, 5) is 26.3. The van der Waals surface area contributed by atoms with E-state index in [4.69, 9.17) is 0 Å². The maximum Gasteiger partial charge on any atom is 0.327 e. The minimum Gasteiger partial charge on any atom is -0.315 e. The highest BCUT2D eigenvalue weighted by Crippen LogP contribution is 2.23. The van der Waals surface area contributed by atoms with Crippen LogP contribution in [0.2, 0.25) is 0 Å². The Bertz CT molecular complexity index is 274. The van der Waals surface area contributed by atoms with Gasteiger partial charge in [0.2, 0.25) is 5.91 Å². The second-order valence-corrected chi connectivity index (χ2v) is 4.79. The van der Waals surface area contributed by atoms with Gasteiger partial charge in [-0.15, -0.1) is 0 Å². The molecule has 1 aliphatic rings. The maximum atomic E-state index is 11.8. The van der Waals surface area contributed by atoms with Gasteiger partial charge in [-0.3, -0.25) is 9.69 Å². The first-order valence-corrected chi connectivity index (χ1v) is 5.50. The van der Waals surface area contributed by atoms with Gasteiger partial charge in [0.15, 0.2) is 0 Å². The molecular formula is C11H20N2O2. The average molecular weight is 212 g/mol. The van der Waals surface area contributed by atoms with Crippen LogP contribution in [0.1, 0.15) is 34.1 Å². The van der Waals surface area contributed by atoms with Crippen LogP contribution < -0.4 is 0 Å². The minimum absolute atomic E-state index is 0.00900. The molecule has 4 nitrogen and oxygen atoms in total. The number of imide groups is 1. The molecule has 0 aliphatic carbocycles. The summed E-state index contributed by atoms with van der Waals surface area (Å²) in [6.07, 6.45) is 0.955. The number of hydrogen-bond acceptors (Lipinski definition) is 2. The van der Waals surface area contributed by atoms with E-state index in [1.807, 2.05) is 6.92 Å². The normalized spacial score (nSPS) is 17.9. The van der Waals surface area contributed by atoms with Gasteiger partial charge in [0.25, 0.3) is 0 Å². The van der Waals surface area contributed by atoms with Gasteiger partial charge < -0.3 is 4.90 Å². The van der Waals surface area contributed by atoms with Crippen molar-refractivity contribution >= 4 is 11.9 Å². The Balaban J connectivity index is 2.71. The predicted molar refractivity (Wildman–Crippen MR) is 58.4 cm³/mol. The summed E-state index contributed by atoms with van der Waals surface area (Å²) in [6, 6.07) is -0.135. The molecule has 0 aromatic heterocycles. The quantitative estimate of drug-likeness (QED) is 0.665. The molecule has 0 atom stereocenters. The fraction of sp³-hybridized carbons (Fsp3) is 0.818. The van der Waals surface area contributed by atoms with Crippen molar-refractivity contribution in [3.63, 3.8) is 0 Å². The fourth-order valence-corrected chi connectivity index (χ4v) is 1.54. The van der Waals surface area contributed by atoms with Crippen LogP contribution in [-0.2, 0) is 4.79 Å². The predicted octanol–water partition coefficient (Wildman–Crippen LogP) is 1.71. The van der Waals surface area contributed by atoms with Gasteiger partial charge in [-0.05, 0) is 18.8 Å². The summed E-state index contributed by atoms with van der Waals surface area (Å²) in [5.41, 5.74) is 0.00900. The van der Waals surface area contributed by atoms with Crippen molar-refractivity contribution in [1.82, 2.24) is 9.80 Å². The molecule has 0 spiro atoms. The van der Waals surface area contributed by atoms with E-state index in [-0.39, 0.29) is 23.9 Å². The van der Waals surface area contributed by atoms with Crippen LogP contribution in [0.4, 0.5) is 4.79 Å². The molecule has 0 aromatic carbocycles. The molecule has 1 aliphatic heterocycles. The number of rotatable bonds is 4. The number of carbonyl (C=O) groups is 2. The van der Waals surface area contributed by atoms with Crippen molar-refractivity contribution in [2.24, 2.45) is 5.41 Å². The van der Waals surface area contributed by atoms with Crippen molar-refractivity contribution in [1.29, 1.82) is 0 Å². The van der Waals surface area contributed by atoms with Crippen molar-refractivity contribution in [2.75, 3.05) is 19.6 Å². The fourth-order valence-electron chi connectivity index (χ4n) is 1.54. The first kappa shape index (κ1) is 12.0. The second-order valence-electron chi connectivity index (χ2n) is 4.79. The summed E-state index contributed by atoms with van der Waals surface area (Å²) in [6.45, 7) is 9.48. The maximum absolute atomic E-state index is 11.8.